The number of halogens is 1. The predicted molar refractivity (Wildman–Crippen MR) is 77.7 cm³/mol. The van der Waals surface area contributed by atoms with Crippen LogP contribution in [0, 0.1) is 18.2 Å². The molecule has 0 spiro atoms. The number of aryl methyl sites for hydroxylation is 1. The summed E-state index contributed by atoms with van der Waals surface area (Å²) in [5.41, 5.74) is 2.20. The Morgan fingerprint density at radius 1 is 1.17 bits per heavy atom. The molecule has 1 aromatic rings. The van der Waals surface area contributed by atoms with Crippen molar-refractivity contribution in [2.45, 2.75) is 47.5 Å². The maximum Gasteiger partial charge on any atom is 0.126 e. The van der Waals surface area contributed by atoms with Gasteiger partial charge in [0.25, 0.3) is 0 Å². The van der Waals surface area contributed by atoms with Gasteiger partial charge >= 0.3 is 0 Å². The zero-order valence-electron chi connectivity index (χ0n) is 12.4. The van der Waals surface area contributed by atoms with Crippen LogP contribution in [0.5, 0.6) is 0 Å². The molecule has 0 radical (unpaired) electrons. The molecule has 0 saturated carbocycles. The number of hydrogen-bond donors (Lipinski definition) is 0. The van der Waals surface area contributed by atoms with Gasteiger partial charge in [-0.1, -0.05) is 27.7 Å². The maximum absolute atomic E-state index is 13.3. The SMILES string of the molecule is CCCN(CCC(C)(C)C)c1ccc(F)c(C)c1. The molecular weight excluding hydrogens is 225 g/mol. The van der Waals surface area contributed by atoms with Crippen LogP contribution < -0.4 is 4.90 Å². The Morgan fingerprint density at radius 3 is 2.33 bits per heavy atom. The van der Waals surface area contributed by atoms with Crippen LogP contribution in [0.3, 0.4) is 0 Å². The topological polar surface area (TPSA) is 3.24 Å². The van der Waals surface area contributed by atoms with E-state index in [4.69, 9.17) is 0 Å². The van der Waals surface area contributed by atoms with Crippen LogP contribution in [0.1, 0.15) is 46.1 Å². The number of benzene rings is 1. The van der Waals surface area contributed by atoms with E-state index in [2.05, 4.69) is 32.6 Å². The van der Waals surface area contributed by atoms with Crippen molar-refractivity contribution in [3.63, 3.8) is 0 Å². The molecular formula is C16H26FN. The largest absolute Gasteiger partial charge is 0.372 e. The maximum atomic E-state index is 13.3. The summed E-state index contributed by atoms with van der Waals surface area (Å²) in [5, 5.41) is 0. The van der Waals surface area contributed by atoms with Gasteiger partial charge in [0.1, 0.15) is 5.82 Å². The van der Waals surface area contributed by atoms with Gasteiger partial charge in [-0.05, 0) is 48.9 Å². The highest BCUT2D eigenvalue weighted by molar-refractivity contribution is 5.48. The molecule has 0 atom stereocenters. The fourth-order valence-electron chi connectivity index (χ4n) is 1.94. The van der Waals surface area contributed by atoms with Gasteiger partial charge in [0.2, 0.25) is 0 Å². The molecule has 0 fully saturated rings. The van der Waals surface area contributed by atoms with E-state index < -0.39 is 0 Å². The van der Waals surface area contributed by atoms with E-state index in [1.54, 1.807) is 6.07 Å². The van der Waals surface area contributed by atoms with Gasteiger partial charge in [0, 0.05) is 18.8 Å². The fraction of sp³-hybridized carbons (Fsp3) is 0.625. The summed E-state index contributed by atoms with van der Waals surface area (Å²) < 4.78 is 13.3. The smallest absolute Gasteiger partial charge is 0.126 e. The average molecular weight is 251 g/mol. The van der Waals surface area contributed by atoms with E-state index in [9.17, 15) is 4.39 Å². The molecule has 0 heterocycles. The van der Waals surface area contributed by atoms with Gasteiger partial charge in [0.05, 0.1) is 0 Å². The summed E-state index contributed by atoms with van der Waals surface area (Å²) in [6.07, 6.45) is 2.25. The lowest BCUT2D eigenvalue weighted by Gasteiger charge is -2.28. The summed E-state index contributed by atoms with van der Waals surface area (Å²) in [6, 6.07) is 5.42. The number of nitrogens with zero attached hydrogens (tertiary/aromatic N) is 1. The fourth-order valence-corrected chi connectivity index (χ4v) is 1.94. The summed E-state index contributed by atoms with van der Waals surface area (Å²) in [6.45, 7) is 12.8. The number of rotatable bonds is 5. The van der Waals surface area contributed by atoms with Crippen molar-refractivity contribution in [3.8, 4) is 0 Å². The molecule has 0 unspecified atom stereocenters. The van der Waals surface area contributed by atoms with Crippen molar-refractivity contribution < 1.29 is 4.39 Å². The second-order valence-electron chi connectivity index (χ2n) is 6.23. The normalized spacial score (nSPS) is 11.7. The number of hydrogen-bond acceptors (Lipinski definition) is 1. The third-order valence-electron chi connectivity index (χ3n) is 3.13. The van der Waals surface area contributed by atoms with Gasteiger partial charge in [-0.15, -0.1) is 0 Å². The molecule has 0 bridgehead atoms. The highest BCUT2D eigenvalue weighted by Crippen LogP contribution is 2.23. The van der Waals surface area contributed by atoms with Crippen molar-refractivity contribution >= 4 is 5.69 Å². The number of anilines is 1. The Kier molecular flexibility index (Phi) is 5.18. The minimum absolute atomic E-state index is 0.119. The van der Waals surface area contributed by atoms with E-state index in [-0.39, 0.29) is 5.82 Å². The highest BCUT2D eigenvalue weighted by atomic mass is 19.1. The quantitative estimate of drug-likeness (QED) is 0.727. The molecule has 2 heteroatoms. The Morgan fingerprint density at radius 2 is 1.83 bits per heavy atom. The van der Waals surface area contributed by atoms with Crippen molar-refractivity contribution in [1.29, 1.82) is 0 Å². The van der Waals surface area contributed by atoms with Gasteiger partial charge in [-0.3, -0.25) is 0 Å². The predicted octanol–water partition coefficient (Wildman–Crippen LogP) is 4.79. The molecule has 18 heavy (non-hydrogen) atoms. The zero-order chi connectivity index (χ0) is 13.8. The minimum Gasteiger partial charge on any atom is -0.372 e. The standard InChI is InChI=1S/C16H26FN/c1-6-10-18(11-9-16(3,4)5)14-7-8-15(17)13(2)12-14/h7-8,12H,6,9-11H2,1-5H3. The van der Waals surface area contributed by atoms with Gasteiger partial charge in [0.15, 0.2) is 0 Å². The molecule has 0 aromatic heterocycles. The molecule has 102 valence electrons. The Balaban J connectivity index is 2.80. The lowest BCUT2D eigenvalue weighted by atomic mass is 9.92. The molecule has 0 amide bonds. The lowest BCUT2D eigenvalue weighted by molar-refractivity contribution is 0.378. The first kappa shape index (κ1) is 15.0. The third-order valence-corrected chi connectivity index (χ3v) is 3.13. The second-order valence-corrected chi connectivity index (χ2v) is 6.23. The molecule has 1 rings (SSSR count). The van der Waals surface area contributed by atoms with Crippen molar-refractivity contribution in [2.75, 3.05) is 18.0 Å². The van der Waals surface area contributed by atoms with E-state index in [0.29, 0.717) is 5.41 Å². The van der Waals surface area contributed by atoms with Gasteiger partial charge in [-0.25, -0.2) is 4.39 Å². The van der Waals surface area contributed by atoms with Crippen LogP contribution in [0.15, 0.2) is 18.2 Å². The third kappa shape index (κ3) is 4.67. The average Bonchev–Trinajstić information content (AvgIpc) is 2.27. The zero-order valence-corrected chi connectivity index (χ0v) is 12.4. The summed E-state index contributed by atoms with van der Waals surface area (Å²) in [4.78, 5) is 2.36. The van der Waals surface area contributed by atoms with Crippen molar-refractivity contribution in [3.05, 3.63) is 29.6 Å². The van der Waals surface area contributed by atoms with E-state index in [0.717, 1.165) is 37.2 Å². The van der Waals surface area contributed by atoms with Crippen molar-refractivity contribution in [1.82, 2.24) is 0 Å². The van der Waals surface area contributed by atoms with Crippen LogP contribution in [0.25, 0.3) is 0 Å². The molecule has 1 nitrogen and oxygen atoms in total. The summed E-state index contributed by atoms with van der Waals surface area (Å²) in [7, 11) is 0. The second kappa shape index (κ2) is 6.21. The Bertz CT molecular complexity index is 379. The van der Waals surface area contributed by atoms with E-state index in [1.807, 2.05) is 19.1 Å². The molecule has 0 aliphatic carbocycles. The summed E-state index contributed by atoms with van der Waals surface area (Å²) >= 11 is 0. The molecule has 0 aliphatic heterocycles. The van der Waals surface area contributed by atoms with Crippen LogP contribution in [-0.2, 0) is 0 Å². The van der Waals surface area contributed by atoms with E-state index >= 15 is 0 Å². The first-order valence-corrected chi connectivity index (χ1v) is 6.84. The molecule has 0 N–H and O–H groups in total. The van der Waals surface area contributed by atoms with Gasteiger partial charge < -0.3 is 4.90 Å². The lowest BCUT2D eigenvalue weighted by Crippen LogP contribution is -2.28. The molecule has 1 aromatic carbocycles. The Hall–Kier alpha value is -1.05. The first-order valence-electron chi connectivity index (χ1n) is 6.84. The minimum atomic E-state index is -0.119. The first-order chi connectivity index (χ1) is 8.33. The Labute approximate surface area is 111 Å². The molecule has 0 saturated heterocycles. The van der Waals surface area contributed by atoms with Crippen molar-refractivity contribution in [2.24, 2.45) is 5.41 Å². The van der Waals surface area contributed by atoms with Crippen LogP contribution >= 0.6 is 0 Å². The van der Waals surface area contributed by atoms with Crippen LogP contribution in [0.4, 0.5) is 10.1 Å². The molecule has 0 aliphatic rings. The monoisotopic (exact) mass is 251 g/mol. The van der Waals surface area contributed by atoms with Gasteiger partial charge in [-0.2, -0.15) is 0 Å². The van der Waals surface area contributed by atoms with E-state index in [1.165, 1.54) is 0 Å². The van der Waals surface area contributed by atoms with Crippen LogP contribution in [-0.4, -0.2) is 13.1 Å². The van der Waals surface area contributed by atoms with Crippen LogP contribution in [0.2, 0.25) is 0 Å². The highest BCUT2D eigenvalue weighted by Gasteiger charge is 2.14. The summed E-state index contributed by atoms with van der Waals surface area (Å²) in [5.74, 6) is -0.119.